The first-order chi connectivity index (χ1) is 10.6. The van der Waals surface area contributed by atoms with Crippen LogP contribution in [-0.2, 0) is 7.05 Å². The highest BCUT2D eigenvalue weighted by molar-refractivity contribution is 5.94. The zero-order valence-electron chi connectivity index (χ0n) is 11.6. The molecule has 6 heteroatoms. The van der Waals surface area contributed by atoms with Crippen LogP contribution in [0.15, 0.2) is 52.0 Å². The van der Waals surface area contributed by atoms with Crippen LogP contribution in [0.25, 0.3) is 33.3 Å². The van der Waals surface area contributed by atoms with E-state index in [2.05, 4.69) is 10.2 Å². The average molecular weight is 295 g/mol. The quantitative estimate of drug-likeness (QED) is 0.507. The molecule has 22 heavy (non-hydrogen) atoms. The number of pyridine rings is 1. The van der Waals surface area contributed by atoms with Gasteiger partial charge >= 0.3 is 0 Å². The van der Waals surface area contributed by atoms with Gasteiger partial charge in [0.05, 0.1) is 11.0 Å². The van der Waals surface area contributed by atoms with Crippen LogP contribution in [0, 0.1) is 5.82 Å². The molecule has 0 aliphatic rings. The minimum Gasteiger partial charge on any atom is -0.423 e. The molecule has 0 aliphatic heterocycles. The fourth-order valence-electron chi connectivity index (χ4n) is 2.69. The number of hydrogen-bond acceptors (Lipinski definition) is 4. The third-order valence-corrected chi connectivity index (χ3v) is 3.78. The lowest BCUT2D eigenvalue weighted by Gasteiger charge is -2.11. The second-order valence-corrected chi connectivity index (χ2v) is 5.03. The highest BCUT2D eigenvalue weighted by Gasteiger charge is 2.12. The summed E-state index contributed by atoms with van der Waals surface area (Å²) >= 11 is 0. The molecule has 0 fully saturated rings. The number of aromatic nitrogens is 3. The molecule has 2 aromatic heterocycles. The second kappa shape index (κ2) is 4.49. The normalized spacial score (nSPS) is 11.4. The van der Waals surface area contributed by atoms with Gasteiger partial charge in [0.2, 0.25) is 12.3 Å². The van der Waals surface area contributed by atoms with E-state index in [-0.39, 0.29) is 5.43 Å². The maximum atomic E-state index is 13.4. The van der Waals surface area contributed by atoms with Crippen molar-refractivity contribution in [3.05, 3.63) is 58.8 Å². The van der Waals surface area contributed by atoms with Crippen molar-refractivity contribution < 1.29 is 8.81 Å². The fraction of sp³-hybridized carbons (Fsp3) is 0.0625. The molecule has 0 unspecified atom stereocenters. The zero-order valence-corrected chi connectivity index (χ0v) is 11.6. The first-order valence-electron chi connectivity index (χ1n) is 6.64. The average Bonchev–Trinajstić information content (AvgIpc) is 3.06. The Hall–Kier alpha value is -3.02. The molecule has 0 saturated heterocycles. The molecular weight excluding hydrogens is 285 g/mol. The standard InChI is InChI=1S/C16H10FN3O2/c1-20-13-5-3-10(17)7-12(13)15(21)11-4-2-9(6-14(11)20)16-19-18-8-22-16/h2-8H,1H3. The summed E-state index contributed by atoms with van der Waals surface area (Å²) in [6, 6.07) is 9.46. The summed E-state index contributed by atoms with van der Waals surface area (Å²) in [5.74, 6) is -0.0417. The van der Waals surface area contributed by atoms with Gasteiger partial charge in [-0.15, -0.1) is 10.2 Å². The van der Waals surface area contributed by atoms with Crippen LogP contribution < -0.4 is 5.43 Å². The van der Waals surface area contributed by atoms with E-state index in [1.807, 2.05) is 17.7 Å². The molecule has 0 aliphatic carbocycles. The van der Waals surface area contributed by atoms with Gasteiger partial charge in [-0.1, -0.05) is 0 Å². The van der Waals surface area contributed by atoms with E-state index in [4.69, 9.17) is 4.42 Å². The lowest BCUT2D eigenvalue weighted by molar-refractivity contribution is 0.568. The van der Waals surface area contributed by atoms with Crippen LogP contribution in [0.1, 0.15) is 0 Å². The number of benzene rings is 2. The Labute approximate surface area is 123 Å². The number of rotatable bonds is 1. The highest BCUT2D eigenvalue weighted by atomic mass is 19.1. The molecule has 5 nitrogen and oxygen atoms in total. The summed E-state index contributed by atoms with van der Waals surface area (Å²) in [6.45, 7) is 0. The van der Waals surface area contributed by atoms with Gasteiger partial charge < -0.3 is 8.98 Å². The predicted octanol–water partition coefficient (Wildman–Crippen LogP) is 2.88. The van der Waals surface area contributed by atoms with Crippen molar-refractivity contribution >= 4 is 21.8 Å². The molecular formula is C16H10FN3O2. The molecule has 0 N–H and O–H groups in total. The summed E-state index contributed by atoms with van der Waals surface area (Å²) in [7, 11) is 1.83. The molecule has 0 atom stereocenters. The van der Waals surface area contributed by atoms with E-state index in [1.165, 1.54) is 18.5 Å². The SMILES string of the molecule is Cn1c2ccc(F)cc2c(=O)c2ccc(-c3nnco3)cc21. The van der Waals surface area contributed by atoms with Crippen LogP contribution in [0.5, 0.6) is 0 Å². The van der Waals surface area contributed by atoms with Crippen molar-refractivity contribution in [1.82, 2.24) is 14.8 Å². The Balaban J connectivity index is 2.13. The van der Waals surface area contributed by atoms with E-state index in [1.54, 1.807) is 18.2 Å². The third-order valence-electron chi connectivity index (χ3n) is 3.78. The van der Waals surface area contributed by atoms with Crippen LogP contribution >= 0.6 is 0 Å². The van der Waals surface area contributed by atoms with Gasteiger partial charge in [-0.2, -0.15) is 0 Å². The molecule has 0 amide bonds. The van der Waals surface area contributed by atoms with Gasteiger partial charge in [0.15, 0.2) is 5.43 Å². The van der Waals surface area contributed by atoms with Crippen LogP contribution in [0.2, 0.25) is 0 Å². The summed E-state index contributed by atoms with van der Waals surface area (Å²) in [4.78, 5) is 12.6. The molecule has 2 aromatic carbocycles. The van der Waals surface area contributed by atoms with Crippen molar-refractivity contribution in [3.8, 4) is 11.5 Å². The van der Waals surface area contributed by atoms with Gasteiger partial charge in [0, 0.05) is 23.4 Å². The first kappa shape index (κ1) is 12.7. The smallest absolute Gasteiger partial charge is 0.247 e. The van der Waals surface area contributed by atoms with E-state index in [0.29, 0.717) is 22.2 Å². The first-order valence-corrected chi connectivity index (χ1v) is 6.64. The van der Waals surface area contributed by atoms with E-state index >= 15 is 0 Å². The molecule has 0 radical (unpaired) electrons. The summed E-state index contributed by atoms with van der Waals surface area (Å²) < 4.78 is 20.5. The van der Waals surface area contributed by atoms with Crippen LogP contribution in [0.3, 0.4) is 0 Å². The summed E-state index contributed by atoms with van der Waals surface area (Å²) in [5.41, 5.74) is 1.92. The van der Waals surface area contributed by atoms with Crippen molar-refractivity contribution in [3.63, 3.8) is 0 Å². The third kappa shape index (κ3) is 1.74. The van der Waals surface area contributed by atoms with Crippen LogP contribution in [0.4, 0.5) is 4.39 Å². The minimum absolute atomic E-state index is 0.195. The molecule has 4 aromatic rings. The lowest BCUT2D eigenvalue weighted by Crippen LogP contribution is -2.09. The summed E-state index contributed by atoms with van der Waals surface area (Å²) in [5, 5.41) is 8.40. The lowest BCUT2D eigenvalue weighted by atomic mass is 10.1. The van der Waals surface area contributed by atoms with Gasteiger partial charge in [-0.05, 0) is 36.4 Å². The van der Waals surface area contributed by atoms with Crippen molar-refractivity contribution in [2.45, 2.75) is 0 Å². The van der Waals surface area contributed by atoms with Crippen molar-refractivity contribution in [2.75, 3.05) is 0 Å². The van der Waals surface area contributed by atoms with Gasteiger partial charge in [-0.3, -0.25) is 4.79 Å². The van der Waals surface area contributed by atoms with Crippen molar-refractivity contribution in [1.29, 1.82) is 0 Å². The fourth-order valence-corrected chi connectivity index (χ4v) is 2.69. The molecule has 108 valence electrons. The largest absolute Gasteiger partial charge is 0.423 e. The van der Waals surface area contributed by atoms with Crippen molar-refractivity contribution in [2.24, 2.45) is 7.05 Å². The van der Waals surface area contributed by atoms with Gasteiger partial charge in [0.1, 0.15) is 5.82 Å². The van der Waals surface area contributed by atoms with Gasteiger partial charge in [-0.25, -0.2) is 4.39 Å². The van der Waals surface area contributed by atoms with E-state index < -0.39 is 5.82 Å². The Kier molecular flexibility index (Phi) is 2.59. The second-order valence-electron chi connectivity index (χ2n) is 5.03. The maximum Gasteiger partial charge on any atom is 0.247 e. The van der Waals surface area contributed by atoms with Gasteiger partial charge in [0.25, 0.3) is 0 Å². The highest BCUT2D eigenvalue weighted by Crippen LogP contribution is 2.24. The number of hydrogen-bond donors (Lipinski definition) is 0. The molecule has 0 spiro atoms. The Morgan fingerprint density at radius 1 is 1.09 bits per heavy atom. The minimum atomic E-state index is -0.425. The van der Waals surface area contributed by atoms with E-state index in [9.17, 15) is 9.18 Å². The number of aryl methyl sites for hydroxylation is 1. The predicted molar refractivity (Wildman–Crippen MR) is 79.9 cm³/mol. The number of fused-ring (bicyclic) bond motifs is 2. The molecule has 0 bridgehead atoms. The Bertz CT molecular complexity index is 1070. The maximum absolute atomic E-state index is 13.4. The monoisotopic (exact) mass is 295 g/mol. The Morgan fingerprint density at radius 2 is 1.95 bits per heavy atom. The molecule has 0 saturated carbocycles. The van der Waals surface area contributed by atoms with Crippen LogP contribution in [-0.4, -0.2) is 14.8 Å². The number of nitrogens with zero attached hydrogens (tertiary/aromatic N) is 3. The zero-order chi connectivity index (χ0) is 15.3. The number of halogens is 1. The summed E-state index contributed by atoms with van der Waals surface area (Å²) in [6.07, 6.45) is 1.25. The Morgan fingerprint density at radius 3 is 2.73 bits per heavy atom. The molecule has 2 heterocycles. The molecule has 4 rings (SSSR count). The van der Waals surface area contributed by atoms with E-state index in [0.717, 1.165) is 11.1 Å². The topological polar surface area (TPSA) is 60.9 Å².